The lowest BCUT2D eigenvalue weighted by Gasteiger charge is -2.24. The Balaban J connectivity index is 1.62. The van der Waals surface area contributed by atoms with Gasteiger partial charge in [0.05, 0.1) is 23.4 Å². The second-order valence-electron chi connectivity index (χ2n) is 7.63. The summed E-state index contributed by atoms with van der Waals surface area (Å²) in [6, 6.07) is 29.5. The SMILES string of the molecule is COc1ccc(S(=O)(=O)N(CC(=O)Nc2ccccc2Sc2ccccc2)c2cccc(Cl)c2)cc1. The number of anilines is 2. The summed E-state index contributed by atoms with van der Waals surface area (Å²) in [5.41, 5.74) is 0.865. The van der Waals surface area contributed by atoms with E-state index in [2.05, 4.69) is 5.32 Å². The van der Waals surface area contributed by atoms with Gasteiger partial charge < -0.3 is 10.1 Å². The predicted molar refractivity (Wildman–Crippen MR) is 145 cm³/mol. The van der Waals surface area contributed by atoms with Crippen molar-refractivity contribution in [1.82, 2.24) is 0 Å². The molecule has 0 radical (unpaired) electrons. The van der Waals surface area contributed by atoms with Gasteiger partial charge in [-0.3, -0.25) is 9.10 Å². The molecule has 4 rings (SSSR count). The molecule has 0 spiro atoms. The highest BCUT2D eigenvalue weighted by molar-refractivity contribution is 7.99. The molecule has 0 aliphatic heterocycles. The summed E-state index contributed by atoms with van der Waals surface area (Å²) < 4.78 is 33.4. The normalized spacial score (nSPS) is 11.1. The third-order valence-corrected chi connectivity index (χ3v) is 8.27. The van der Waals surface area contributed by atoms with Crippen LogP contribution in [0, 0.1) is 0 Å². The van der Waals surface area contributed by atoms with E-state index < -0.39 is 22.5 Å². The van der Waals surface area contributed by atoms with E-state index >= 15 is 0 Å². The summed E-state index contributed by atoms with van der Waals surface area (Å²) in [5.74, 6) is 0.0293. The van der Waals surface area contributed by atoms with Gasteiger partial charge in [0.15, 0.2) is 0 Å². The number of para-hydroxylation sites is 1. The molecule has 0 bridgehead atoms. The van der Waals surface area contributed by atoms with E-state index in [1.165, 1.54) is 37.1 Å². The van der Waals surface area contributed by atoms with E-state index in [1.807, 2.05) is 48.5 Å². The number of amides is 1. The van der Waals surface area contributed by atoms with Gasteiger partial charge in [0.2, 0.25) is 5.91 Å². The van der Waals surface area contributed by atoms with Crippen LogP contribution in [-0.2, 0) is 14.8 Å². The Morgan fingerprint density at radius 1 is 0.917 bits per heavy atom. The lowest BCUT2D eigenvalue weighted by atomic mass is 10.3. The maximum absolute atomic E-state index is 13.6. The summed E-state index contributed by atoms with van der Waals surface area (Å²) in [5, 5.41) is 3.22. The standard InChI is InChI=1S/C27H23ClN2O4S2/c1-34-22-14-16-24(17-15-22)36(32,33)30(21-9-7-8-20(28)18-21)19-27(31)29-25-12-5-6-13-26(25)35-23-10-3-2-4-11-23/h2-18H,19H2,1H3,(H,29,31). The van der Waals surface area contributed by atoms with Crippen LogP contribution in [0.4, 0.5) is 11.4 Å². The molecule has 0 saturated carbocycles. The fourth-order valence-corrected chi connectivity index (χ4v) is 5.94. The van der Waals surface area contributed by atoms with Gasteiger partial charge in [0.25, 0.3) is 10.0 Å². The number of nitrogens with zero attached hydrogens (tertiary/aromatic N) is 1. The number of carbonyl (C=O) groups excluding carboxylic acids is 1. The van der Waals surface area contributed by atoms with Crippen molar-refractivity contribution in [3.63, 3.8) is 0 Å². The van der Waals surface area contributed by atoms with Gasteiger partial charge in [-0.15, -0.1) is 0 Å². The Morgan fingerprint density at radius 2 is 1.61 bits per heavy atom. The number of nitrogens with one attached hydrogen (secondary N) is 1. The summed E-state index contributed by atoms with van der Waals surface area (Å²) >= 11 is 7.65. The van der Waals surface area contributed by atoms with Crippen LogP contribution >= 0.6 is 23.4 Å². The highest BCUT2D eigenvalue weighted by atomic mass is 35.5. The largest absolute Gasteiger partial charge is 0.497 e. The first-order valence-corrected chi connectivity index (χ1v) is 13.5. The molecule has 4 aromatic rings. The van der Waals surface area contributed by atoms with E-state index in [1.54, 1.807) is 36.4 Å². The Bertz CT molecular complexity index is 1450. The van der Waals surface area contributed by atoms with Crippen molar-refractivity contribution in [3.05, 3.63) is 108 Å². The molecule has 1 N–H and O–H groups in total. The van der Waals surface area contributed by atoms with Crippen molar-refractivity contribution in [2.24, 2.45) is 0 Å². The summed E-state index contributed by atoms with van der Waals surface area (Å²) in [7, 11) is -2.59. The molecule has 1 amide bonds. The van der Waals surface area contributed by atoms with Crippen LogP contribution in [0.1, 0.15) is 0 Å². The van der Waals surface area contributed by atoms with Gasteiger partial charge in [-0.2, -0.15) is 0 Å². The van der Waals surface area contributed by atoms with Crippen molar-refractivity contribution in [3.8, 4) is 5.75 Å². The fourth-order valence-electron chi connectivity index (χ4n) is 3.42. The van der Waals surface area contributed by atoms with E-state index in [9.17, 15) is 13.2 Å². The maximum atomic E-state index is 13.6. The molecule has 36 heavy (non-hydrogen) atoms. The summed E-state index contributed by atoms with van der Waals surface area (Å²) in [6.45, 7) is -0.445. The quantitative estimate of drug-likeness (QED) is 0.269. The Hall–Kier alpha value is -3.46. The zero-order chi connectivity index (χ0) is 25.5. The van der Waals surface area contributed by atoms with Gasteiger partial charge in [-0.25, -0.2) is 8.42 Å². The van der Waals surface area contributed by atoms with Gasteiger partial charge in [0.1, 0.15) is 12.3 Å². The molecule has 0 fully saturated rings. The van der Waals surface area contributed by atoms with Crippen molar-refractivity contribution < 1.29 is 17.9 Å². The molecule has 6 nitrogen and oxygen atoms in total. The molecular formula is C27H23ClN2O4S2. The van der Waals surface area contributed by atoms with Crippen molar-refractivity contribution in [2.75, 3.05) is 23.3 Å². The van der Waals surface area contributed by atoms with Crippen LogP contribution in [0.3, 0.4) is 0 Å². The smallest absolute Gasteiger partial charge is 0.264 e. The monoisotopic (exact) mass is 538 g/mol. The van der Waals surface area contributed by atoms with Crippen molar-refractivity contribution >= 4 is 50.7 Å². The maximum Gasteiger partial charge on any atom is 0.264 e. The second kappa shape index (κ2) is 11.5. The van der Waals surface area contributed by atoms with E-state index in [0.29, 0.717) is 16.5 Å². The van der Waals surface area contributed by atoms with Gasteiger partial charge in [0, 0.05) is 14.8 Å². The van der Waals surface area contributed by atoms with Crippen LogP contribution in [-0.4, -0.2) is 28.0 Å². The molecule has 184 valence electrons. The minimum absolute atomic E-state index is 0.0242. The topological polar surface area (TPSA) is 75.7 Å². The molecular weight excluding hydrogens is 516 g/mol. The number of methoxy groups -OCH3 is 1. The minimum atomic E-state index is -4.09. The fraction of sp³-hybridized carbons (Fsp3) is 0.0741. The first kappa shape index (κ1) is 25.6. The number of halogens is 1. The van der Waals surface area contributed by atoms with Crippen molar-refractivity contribution in [1.29, 1.82) is 0 Å². The molecule has 0 saturated heterocycles. The number of ether oxygens (including phenoxy) is 1. The molecule has 0 atom stereocenters. The van der Waals surface area contributed by atoms with E-state index in [0.717, 1.165) is 14.1 Å². The Labute approximate surface area is 219 Å². The molecule has 0 heterocycles. The number of rotatable bonds is 9. The average molecular weight is 539 g/mol. The molecule has 0 aromatic heterocycles. The van der Waals surface area contributed by atoms with Crippen LogP contribution in [0.5, 0.6) is 5.75 Å². The average Bonchev–Trinajstić information content (AvgIpc) is 2.89. The summed E-state index contributed by atoms with van der Waals surface area (Å²) in [6.07, 6.45) is 0. The highest BCUT2D eigenvalue weighted by Gasteiger charge is 2.28. The van der Waals surface area contributed by atoms with Crippen LogP contribution in [0.15, 0.2) is 118 Å². The Morgan fingerprint density at radius 3 is 2.31 bits per heavy atom. The van der Waals surface area contributed by atoms with Crippen LogP contribution in [0.2, 0.25) is 5.02 Å². The second-order valence-corrected chi connectivity index (χ2v) is 11.0. The zero-order valence-corrected chi connectivity index (χ0v) is 21.7. The summed E-state index contributed by atoms with van der Waals surface area (Å²) in [4.78, 5) is 15.1. The zero-order valence-electron chi connectivity index (χ0n) is 19.3. The van der Waals surface area contributed by atoms with E-state index in [4.69, 9.17) is 16.3 Å². The molecule has 0 aliphatic rings. The number of benzene rings is 4. The first-order chi connectivity index (χ1) is 17.4. The third kappa shape index (κ3) is 6.20. The third-order valence-electron chi connectivity index (χ3n) is 5.16. The molecule has 0 aliphatic carbocycles. The van der Waals surface area contributed by atoms with Crippen LogP contribution in [0.25, 0.3) is 0 Å². The van der Waals surface area contributed by atoms with Crippen molar-refractivity contribution in [2.45, 2.75) is 14.7 Å². The van der Waals surface area contributed by atoms with Gasteiger partial charge in [-0.05, 0) is 66.7 Å². The minimum Gasteiger partial charge on any atom is -0.497 e. The predicted octanol–water partition coefficient (Wildman–Crippen LogP) is 6.33. The molecule has 9 heteroatoms. The van der Waals surface area contributed by atoms with Gasteiger partial charge >= 0.3 is 0 Å². The first-order valence-electron chi connectivity index (χ1n) is 10.9. The molecule has 4 aromatic carbocycles. The van der Waals surface area contributed by atoms with Crippen LogP contribution < -0.4 is 14.4 Å². The van der Waals surface area contributed by atoms with Gasteiger partial charge in [-0.1, -0.05) is 59.8 Å². The highest BCUT2D eigenvalue weighted by Crippen LogP contribution is 2.33. The van der Waals surface area contributed by atoms with E-state index in [-0.39, 0.29) is 10.6 Å². The number of hydrogen-bond acceptors (Lipinski definition) is 5. The lowest BCUT2D eigenvalue weighted by Crippen LogP contribution is -2.38. The number of carbonyl (C=O) groups is 1. The number of sulfonamides is 1. The number of hydrogen-bond donors (Lipinski definition) is 1. The molecule has 0 unspecified atom stereocenters. The Kier molecular flexibility index (Phi) is 8.20. The lowest BCUT2D eigenvalue weighted by molar-refractivity contribution is -0.114.